The van der Waals surface area contributed by atoms with Gasteiger partial charge in [-0.3, -0.25) is 0 Å². The molecular formula is C16H17F3N2O3S. The van der Waals surface area contributed by atoms with Crippen molar-refractivity contribution in [3.05, 3.63) is 59.2 Å². The topological polar surface area (TPSA) is 81.4 Å². The average Bonchev–Trinajstić information content (AvgIpc) is 2.59. The lowest BCUT2D eigenvalue weighted by molar-refractivity contribution is -0.137. The van der Waals surface area contributed by atoms with Crippen molar-refractivity contribution in [2.75, 3.05) is 7.05 Å². The van der Waals surface area contributed by atoms with Gasteiger partial charge in [0, 0.05) is 12.1 Å². The van der Waals surface area contributed by atoms with E-state index in [9.17, 15) is 21.6 Å². The summed E-state index contributed by atoms with van der Waals surface area (Å²) in [6.07, 6.45) is -4.43. The van der Waals surface area contributed by atoms with Crippen LogP contribution in [0.3, 0.4) is 0 Å². The molecule has 0 fully saturated rings. The molecule has 0 saturated heterocycles. The highest BCUT2D eigenvalue weighted by Gasteiger charge is 2.30. The molecule has 0 bridgehead atoms. The molecule has 0 aliphatic heterocycles. The Labute approximate surface area is 143 Å². The van der Waals surface area contributed by atoms with Gasteiger partial charge in [0.2, 0.25) is 10.0 Å². The van der Waals surface area contributed by atoms with Gasteiger partial charge in [-0.1, -0.05) is 12.1 Å². The Morgan fingerprint density at radius 3 is 2.48 bits per heavy atom. The maximum atomic E-state index is 12.7. The van der Waals surface area contributed by atoms with Crippen LogP contribution in [0.25, 0.3) is 0 Å². The van der Waals surface area contributed by atoms with Crippen LogP contribution in [-0.2, 0) is 29.4 Å². The number of hydrogen-bond acceptors (Lipinski definition) is 4. The highest BCUT2D eigenvalue weighted by molar-refractivity contribution is 7.89. The van der Waals surface area contributed by atoms with Gasteiger partial charge >= 0.3 is 6.18 Å². The quantitative estimate of drug-likeness (QED) is 0.815. The fourth-order valence-corrected chi connectivity index (χ4v) is 2.92. The third-order valence-electron chi connectivity index (χ3n) is 3.48. The zero-order valence-electron chi connectivity index (χ0n) is 13.3. The molecule has 25 heavy (non-hydrogen) atoms. The number of hydrogen-bond donors (Lipinski definition) is 2. The molecular weight excluding hydrogens is 357 g/mol. The lowest BCUT2D eigenvalue weighted by Crippen LogP contribution is -2.19. The molecule has 0 atom stereocenters. The molecule has 0 unspecified atom stereocenters. The molecule has 0 saturated carbocycles. The van der Waals surface area contributed by atoms with E-state index >= 15 is 0 Å². The Bertz CT molecular complexity index is 852. The minimum Gasteiger partial charge on any atom is -0.489 e. The van der Waals surface area contributed by atoms with Crippen molar-refractivity contribution in [2.24, 2.45) is 5.73 Å². The molecule has 3 N–H and O–H groups in total. The van der Waals surface area contributed by atoms with Gasteiger partial charge in [-0.05, 0) is 42.9 Å². The highest BCUT2D eigenvalue weighted by atomic mass is 32.2. The molecule has 2 aromatic carbocycles. The Balaban J connectivity index is 2.21. The van der Waals surface area contributed by atoms with Crippen LogP contribution in [0.15, 0.2) is 47.4 Å². The minimum atomic E-state index is -4.43. The van der Waals surface area contributed by atoms with Crippen molar-refractivity contribution in [1.82, 2.24) is 4.72 Å². The number of nitrogens with one attached hydrogen (secondary N) is 1. The first-order valence-corrected chi connectivity index (χ1v) is 8.71. The minimum absolute atomic E-state index is 0.0188. The zero-order valence-corrected chi connectivity index (χ0v) is 14.1. The first-order chi connectivity index (χ1) is 11.7. The van der Waals surface area contributed by atoms with E-state index < -0.39 is 21.8 Å². The normalized spacial score (nSPS) is 12.2. The Kier molecular flexibility index (Phi) is 5.71. The molecule has 0 aliphatic carbocycles. The van der Waals surface area contributed by atoms with Crippen molar-refractivity contribution >= 4 is 10.0 Å². The number of benzene rings is 2. The molecule has 0 spiro atoms. The lowest BCUT2D eigenvalue weighted by Gasteiger charge is -2.13. The molecule has 0 radical (unpaired) electrons. The standard InChI is InChI=1S/C16H17F3N2O3S/c1-21-25(22,23)14-5-6-15(12(8-14)9-20)24-10-11-3-2-4-13(7-11)16(17,18)19/h2-8,21H,9-10,20H2,1H3. The molecule has 2 aromatic rings. The van der Waals surface area contributed by atoms with Gasteiger partial charge < -0.3 is 10.5 Å². The monoisotopic (exact) mass is 374 g/mol. The van der Waals surface area contributed by atoms with Gasteiger partial charge in [-0.2, -0.15) is 13.2 Å². The van der Waals surface area contributed by atoms with Crippen LogP contribution in [0.4, 0.5) is 13.2 Å². The third-order valence-corrected chi connectivity index (χ3v) is 4.89. The fourth-order valence-electron chi connectivity index (χ4n) is 2.14. The van der Waals surface area contributed by atoms with Crippen LogP contribution in [-0.4, -0.2) is 15.5 Å². The molecule has 136 valence electrons. The van der Waals surface area contributed by atoms with E-state index in [-0.39, 0.29) is 18.0 Å². The summed E-state index contributed by atoms with van der Waals surface area (Å²) in [4.78, 5) is 0.0295. The number of rotatable bonds is 6. The van der Waals surface area contributed by atoms with Crippen molar-refractivity contribution < 1.29 is 26.3 Å². The molecule has 2 rings (SSSR count). The first-order valence-electron chi connectivity index (χ1n) is 7.23. The summed E-state index contributed by atoms with van der Waals surface area (Å²) >= 11 is 0. The van der Waals surface area contributed by atoms with Crippen LogP contribution < -0.4 is 15.2 Å². The predicted molar refractivity (Wildman–Crippen MR) is 86.4 cm³/mol. The SMILES string of the molecule is CNS(=O)(=O)c1ccc(OCc2cccc(C(F)(F)F)c2)c(CN)c1. The lowest BCUT2D eigenvalue weighted by atomic mass is 10.1. The number of alkyl halides is 3. The molecule has 0 amide bonds. The summed E-state index contributed by atoms with van der Waals surface area (Å²) in [5.74, 6) is 0.315. The molecule has 5 nitrogen and oxygen atoms in total. The highest BCUT2D eigenvalue weighted by Crippen LogP contribution is 2.30. The van der Waals surface area contributed by atoms with Crippen LogP contribution in [0.2, 0.25) is 0 Å². The van der Waals surface area contributed by atoms with E-state index in [2.05, 4.69) is 4.72 Å². The second-order valence-corrected chi connectivity index (χ2v) is 7.05. The van der Waals surface area contributed by atoms with Crippen molar-refractivity contribution in [3.63, 3.8) is 0 Å². The summed E-state index contributed by atoms with van der Waals surface area (Å²) in [5, 5.41) is 0. The van der Waals surface area contributed by atoms with Gasteiger partial charge in [0.1, 0.15) is 12.4 Å². The number of nitrogens with two attached hydrogens (primary N) is 1. The largest absolute Gasteiger partial charge is 0.489 e. The van der Waals surface area contributed by atoms with Crippen LogP contribution in [0.1, 0.15) is 16.7 Å². The van der Waals surface area contributed by atoms with Gasteiger partial charge in [-0.15, -0.1) is 0 Å². The molecule has 0 heterocycles. The number of sulfonamides is 1. The smallest absolute Gasteiger partial charge is 0.416 e. The number of halogens is 3. The molecule has 0 aliphatic rings. The van der Waals surface area contributed by atoms with E-state index in [1.54, 1.807) is 0 Å². The summed E-state index contributed by atoms with van der Waals surface area (Å²) < 4.78 is 69.5. The van der Waals surface area contributed by atoms with Gasteiger partial charge in [0.05, 0.1) is 10.5 Å². The summed E-state index contributed by atoms with van der Waals surface area (Å²) in [6.45, 7) is -0.0833. The second-order valence-electron chi connectivity index (χ2n) is 5.17. The zero-order chi connectivity index (χ0) is 18.7. The summed E-state index contributed by atoms with van der Waals surface area (Å²) in [6, 6.07) is 8.93. The van der Waals surface area contributed by atoms with Crippen molar-refractivity contribution in [2.45, 2.75) is 24.2 Å². The van der Waals surface area contributed by atoms with E-state index in [1.165, 1.54) is 37.4 Å². The van der Waals surface area contributed by atoms with Crippen molar-refractivity contribution in [3.8, 4) is 5.75 Å². The van der Waals surface area contributed by atoms with E-state index in [1.807, 2.05) is 0 Å². The maximum absolute atomic E-state index is 12.7. The first kappa shape index (κ1) is 19.2. The molecule has 9 heteroatoms. The number of ether oxygens (including phenoxy) is 1. The van der Waals surface area contributed by atoms with E-state index in [4.69, 9.17) is 10.5 Å². The maximum Gasteiger partial charge on any atom is 0.416 e. The summed E-state index contributed by atoms with van der Waals surface area (Å²) in [7, 11) is -2.34. The van der Waals surface area contributed by atoms with E-state index in [0.29, 0.717) is 16.9 Å². The van der Waals surface area contributed by atoms with Crippen molar-refractivity contribution in [1.29, 1.82) is 0 Å². The Hall–Kier alpha value is -2.10. The molecule has 0 aromatic heterocycles. The summed E-state index contributed by atoms with van der Waals surface area (Å²) in [5.41, 5.74) is 5.62. The van der Waals surface area contributed by atoms with Gasteiger partial charge in [0.15, 0.2) is 0 Å². The van der Waals surface area contributed by atoms with Crippen LogP contribution in [0.5, 0.6) is 5.75 Å². The average molecular weight is 374 g/mol. The fraction of sp³-hybridized carbons (Fsp3) is 0.250. The Morgan fingerprint density at radius 1 is 1.16 bits per heavy atom. The van der Waals surface area contributed by atoms with E-state index in [0.717, 1.165) is 12.1 Å². The van der Waals surface area contributed by atoms with Gasteiger partial charge in [0.25, 0.3) is 0 Å². The predicted octanol–water partition coefficient (Wildman–Crippen LogP) is 2.65. The second kappa shape index (κ2) is 7.42. The van der Waals surface area contributed by atoms with Crippen LogP contribution in [0, 0.1) is 0 Å². The third kappa shape index (κ3) is 4.71. The Morgan fingerprint density at radius 2 is 1.88 bits per heavy atom. The van der Waals surface area contributed by atoms with Crippen LogP contribution >= 0.6 is 0 Å². The van der Waals surface area contributed by atoms with Gasteiger partial charge in [-0.25, -0.2) is 13.1 Å².